The molecular formula is C13H14O. The van der Waals surface area contributed by atoms with Crippen LogP contribution in [0.4, 0.5) is 0 Å². The van der Waals surface area contributed by atoms with Gasteiger partial charge in [-0.3, -0.25) is 0 Å². The first kappa shape index (κ1) is 8.25. The van der Waals surface area contributed by atoms with Crippen molar-refractivity contribution < 1.29 is 5.11 Å². The molecule has 1 aromatic rings. The van der Waals surface area contributed by atoms with Gasteiger partial charge in [-0.1, -0.05) is 30.3 Å². The van der Waals surface area contributed by atoms with Gasteiger partial charge in [-0.2, -0.15) is 0 Å². The van der Waals surface area contributed by atoms with Gasteiger partial charge in [-0.15, -0.1) is 0 Å². The molecule has 0 spiro atoms. The molecule has 0 aromatic heterocycles. The average molecular weight is 186 g/mol. The number of aryl methyl sites for hydroxylation is 1. The second-order valence-corrected chi connectivity index (χ2v) is 4.35. The van der Waals surface area contributed by atoms with Gasteiger partial charge in [0.1, 0.15) is 0 Å². The standard InChI is InChI=1S/C13H14O/c14-13(8-9-13)12-7-3-5-10-4-1-2-6-11(10)12/h1-2,4,6-7,14H,3,5,8-9H2. The molecule has 0 unspecified atom stereocenters. The Bertz CT molecular complexity index is 399. The third kappa shape index (κ3) is 1.12. The van der Waals surface area contributed by atoms with Crippen LogP contribution in [-0.4, -0.2) is 10.7 Å². The number of allylic oxidation sites excluding steroid dienone is 1. The van der Waals surface area contributed by atoms with E-state index in [1.54, 1.807) is 0 Å². The van der Waals surface area contributed by atoms with E-state index in [0.717, 1.165) is 25.7 Å². The molecule has 1 saturated carbocycles. The number of benzene rings is 1. The van der Waals surface area contributed by atoms with Gasteiger partial charge in [0.25, 0.3) is 0 Å². The molecule has 0 amide bonds. The Kier molecular flexibility index (Phi) is 1.59. The summed E-state index contributed by atoms with van der Waals surface area (Å²) in [5, 5.41) is 10.1. The molecular weight excluding hydrogens is 172 g/mol. The van der Waals surface area contributed by atoms with Crippen LogP contribution in [0.3, 0.4) is 0 Å². The normalized spacial score (nSPS) is 22.5. The molecule has 0 atom stereocenters. The summed E-state index contributed by atoms with van der Waals surface area (Å²) in [7, 11) is 0. The highest BCUT2D eigenvalue weighted by molar-refractivity contribution is 5.77. The zero-order valence-corrected chi connectivity index (χ0v) is 8.16. The number of hydrogen-bond acceptors (Lipinski definition) is 1. The summed E-state index contributed by atoms with van der Waals surface area (Å²) in [4.78, 5) is 0. The molecule has 0 saturated heterocycles. The van der Waals surface area contributed by atoms with E-state index in [0.29, 0.717) is 0 Å². The second-order valence-electron chi connectivity index (χ2n) is 4.35. The largest absolute Gasteiger partial charge is 0.385 e. The van der Waals surface area contributed by atoms with E-state index in [1.807, 2.05) is 0 Å². The minimum absolute atomic E-state index is 0.476. The highest BCUT2D eigenvalue weighted by Gasteiger charge is 2.45. The van der Waals surface area contributed by atoms with E-state index in [4.69, 9.17) is 0 Å². The fourth-order valence-electron chi connectivity index (χ4n) is 2.31. The van der Waals surface area contributed by atoms with Crippen LogP contribution in [-0.2, 0) is 6.42 Å². The predicted molar refractivity (Wildman–Crippen MR) is 56.9 cm³/mol. The maximum Gasteiger partial charge on any atom is 0.0901 e. The predicted octanol–water partition coefficient (Wildman–Crippen LogP) is 2.54. The SMILES string of the molecule is OC1(C2=CCCc3ccccc32)CC1. The van der Waals surface area contributed by atoms with Crippen LogP contribution < -0.4 is 0 Å². The first-order chi connectivity index (χ1) is 6.80. The van der Waals surface area contributed by atoms with Gasteiger partial charge in [0, 0.05) is 0 Å². The fourth-order valence-corrected chi connectivity index (χ4v) is 2.31. The van der Waals surface area contributed by atoms with Crippen LogP contribution in [0, 0.1) is 0 Å². The summed E-state index contributed by atoms with van der Waals surface area (Å²) in [6.07, 6.45) is 6.29. The molecule has 72 valence electrons. The van der Waals surface area contributed by atoms with Crippen molar-refractivity contribution in [2.24, 2.45) is 0 Å². The molecule has 2 aliphatic carbocycles. The monoisotopic (exact) mass is 186 g/mol. The Labute approximate surface area is 84.1 Å². The average Bonchev–Trinajstić information content (AvgIpc) is 2.97. The first-order valence-electron chi connectivity index (χ1n) is 5.31. The Hall–Kier alpha value is -1.08. The van der Waals surface area contributed by atoms with E-state index in [2.05, 4.69) is 30.3 Å². The third-order valence-electron chi connectivity index (χ3n) is 3.29. The van der Waals surface area contributed by atoms with Crippen molar-refractivity contribution in [2.75, 3.05) is 0 Å². The molecule has 0 bridgehead atoms. The number of hydrogen-bond donors (Lipinski definition) is 1. The zero-order valence-electron chi connectivity index (χ0n) is 8.16. The topological polar surface area (TPSA) is 20.2 Å². The van der Waals surface area contributed by atoms with E-state index in [1.165, 1.54) is 16.7 Å². The molecule has 1 N–H and O–H groups in total. The quantitative estimate of drug-likeness (QED) is 0.714. The zero-order chi connectivity index (χ0) is 9.60. The van der Waals surface area contributed by atoms with Crippen LogP contribution in [0.5, 0.6) is 0 Å². The Morgan fingerprint density at radius 1 is 1.14 bits per heavy atom. The third-order valence-corrected chi connectivity index (χ3v) is 3.29. The Morgan fingerprint density at radius 2 is 1.93 bits per heavy atom. The van der Waals surface area contributed by atoms with E-state index < -0.39 is 5.60 Å². The van der Waals surface area contributed by atoms with Gasteiger partial charge in [0.15, 0.2) is 0 Å². The summed E-state index contributed by atoms with van der Waals surface area (Å²) >= 11 is 0. The molecule has 0 aliphatic heterocycles. The van der Waals surface area contributed by atoms with Crippen LogP contribution in [0.2, 0.25) is 0 Å². The van der Waals surface area contributed by atoms with Crippen molar-refractivity contribution in [3.05, 3.63) is 41.5 Å². The lowest BCUT2D eigenvalue weighted by Gasteiger charge is -2.21. The smallest absolute Gasteiger partial charge is 0.0901 e. The van der Waals surface area contributed by atoms with Crippen molar-refractivity contribution in [3.8, 4) is 0 Å². The minimum atomic E-state index is -0.476. The first-order valence-corrected chi connectivity index (χ1v) is 5.31. The van der Waals surface area contributed by atoms with Gasteiger partial charge in [-0.05, 0) is 42.4 Å². The van der Waals surface area contributed by atoms with Gasteiger partial charge >= 0.3 is 0 Å². The maximum absolute atomic E-state index is 10.1. The molecule has 0 heterocycles. The van der Waals surface area contributed by atoms with Crippen molar-refractivity contribution in [1.29, 1.82) is 0 Å². The van der Waals surface area contributed by atoms with E-state index >= 15 is 0 Å². The van der Waals surface area contributed by atoms with Crippen LogP contribution in [0.15, 0.2) is 30.3 Å². The van der Waals surface area contributed by atoms with Gasteiger partial charge in [0.05, 0.1) is 5.60 Å². The molecule has 1 heteroatoms. The van der Waals surface area contributed by atoms with Gasteiger partial charge in [0.2, 0.25) is 0 Å². The molecule has 14 heavy (non-hydrogen) atoms. The highest BCUT2D eigenvalue weighted by Crippen LogP contribution is 2.48. The highest BCUT2D eigenvalue weighted by atomic mass is 16.3. The number of rotatable bonds is 1. The van der Waals surface area contributed by atoms with E-state index in [-0.39, 0.29) is 0 Å². The minimum Gasteiger partial charge on any atom is -0.385 e. The Morgan fingerprint density at radius 3 is 2.71 bits per heavy atom. The summed E-state index contributed by atoms with van der Waals surface area (Å²) in [6, 6.07) is 8.45. The van der Waals surface area contributed by atoms with Crippen LogP contribution in [0.1, 0.15) is 30.4 Å². The fraction of sp³-hybridized carbons (Fsp3) is 0.385. The summed E-state index contributed by atoms with van der Waals surface area (Å²) < 4.78 is 0. The van der Waals surface area contributed by atoms with Crippen molar-refractivity contribution >= 4 is 5.57 Å². The molecule has 3 rings (SSSR count). The lowest BCUT2D eigenvalue weighted by molar-refractivity contribution is 0.211. The summed E-state index contributed by atoms with van der Waals surface area (Å²) in [5.74, 6) is 0. The lowest BCUT2D eigenvalue weighted by Crippen LogP contribution is -2.14. The molecule has 1 nitrogen and oxygen atoms in total. The number of fused-ring (bicyclic) bond motifs is 1. The van der Waals surface area contributed by atoms with Crippen LogP contribution in [0.25, 0.3) is 5.57 Å². The lowest BCUT2D eigenvalue weighted by atomic mass is 9.87. The van der Waals surface area contributed by atoms with Crippen molar-refractivity contribution in [1.82, 2.24) is 0 Å². The second kappa shape index (κ2) is 2.71. The van der Waals surface area contributed by atoms with Gasteiger partial charge in [-0.25, -0.2) is 0 Å². The van der Waals surface area contributed by atoms with Crippen molar-refractivity contribution in [2.45, 2.75) is 31.3 Å². The Balaban J connectivity index is 2.11. The van der Waals surface area contributed by atoms with Crippen molar-refractivity contribution in [3.63, 3.8) is 0 Å². The summed E-state index contributed by atoms with van der Waals surface area (Å²) in [5.41, 5.74) is 3.37. The molecule has 0 radical (unpaired) electrons. The molecule has 1 aromatic carbocycles. The number of aliphatic hydroxyl groups is 1. The van der Waals surface area contributed by atoms with Crippen LogP contribution >= 0.6 is 0 Å². The maximum atomic E-state index is 10.1. The summed E-state index contributed by atoms with van der Waals surface area (Å²) in [6.45, 7) is 0. The molecule has 2 aliphatic rings. The van der Waals surface area contributed by atoms with Gasteiger partial charge < -0.3 is 5.11 Å². The van der Waals surface area contributed by atoms with E-state index in [9.17, 15) is 5.11 Å². The molecule has 1 fully saturated rings.